The van der Waals surface area contributed by atoms with Crippen molar-refractivity contribution >= 4 is 5.91 Å². The number of nitrogens with zero attached hydrogens (tertiary/aromatic N) is 1. The van der Waals surface area contributed by atoms with Gasteiger partial charge in [-0.2, -0.15) is 0 Å². The quantitative estimate of drug-likeness (QED) is 0.815. The molecule has 4 unspecified atom stereocenters. The topological polar surface area (TPSA) is 32.3 Å². The van der Waals surface area contributed by atoms with Crippen molar-refractivity contribution in [3.63, 3.8) is 0 Å². The predicted octanol–water partition coefficient (Wildman–Crippen LogP) is 2.31. The Morgan fingerprint density at radius 1 is 1.22 bits per heavy atom. The van der Waals surface area contributed by atoms with Gasteiger partial charge in [0.2, 0.25) is 5.91 Å². The molecule has 18 heavy (non-hydrogen) atoms. The molecule has 0 radical (unpaired) electrons. The summed E-state index contributed by atoms with van der Waals surface area (Å²) < 4.78 is 0. The lowest BCUT2D eigenvalue weighted by atomic mass is 9.85. The van der Waals surface area contributed by atoms with Gasteiger partial charge in [-0.3, -0.25) is 4.79 Å². The SMILES string of the molecule is CC1CC2CCCCC2N1C(=O)CC1CCCN1. The van der Waals surface area contributed by atoms with E-state index >= 15 is 0 Å². The summed E-state index contributed by atoms with van der Waals surface area (Å²) in [4.78, 5) is 14.8. The first kappa shape index (κ1) is 12.5. The largest absolute Gasteiger partial charge is 0.337 e. The molecule has 3 rings (SSSR count). The van der Waals surface area contributed by atoms with Crippen LogP contribution in [0.4, 0.5) is 0 Å². The average Bonchev–Trinajstić information content (AvgIpc) is 2.94. The van der Waals surface area contributed by atoms with Gasteiger partial charge in [0.1, 0.15) is 0 Å². The van der Waals surface area contributed by atoms with Crippen LogP contribution in [0.1, 0.15) is 58.3 Å². The molecule has 1 aliphatic carbocycles. The van der Waals surface area contributed by atoms with Crippen LogP contribution in [0.15, 0.2) is 0 Å². The van der Waals surface area contributed by atoms with Crippen LogP contribution in [0.5, 0.6) is 0 Å². The molecule has 3 nitrogen and oxygen atoms in total. The molecule has 1 N–H and O–H groups in total. The van der Waals surface area contributed by atoms with Crippen LogP contribution in [0.25, 0.3) is 0 Å². The third-order valence-electron chi connectivity index (χ3n) is 5.22. The molecule has 3 fully saturated rings. The van der Waals surface area contributed by atoms with Crippen LogP contribution in [0.2, 0.25) is 0 Å². The molecule has 0 aromatic rings. The van der Waals surface area contributed by atoms with Crippen molar-refractivity contribution in [2.75, 3.05) is 6.54 Å². The summed E-state index contributed by atoms with van der Waals surface area (Å²) >= 11 is 0. The molecule has 2 saturated heterocycles. The molecule has 0 aromatic heterocycles. The van der Waals surface area contributed by atoms with E-state index in [9.17, 15) is 4.79 Å². The molecule has 1 amide bonds. The molecular formula is C15H26N2O. The van der Waals surface area contributed by atoms with Crippen LogP contribution in [-0.4, -0.2) is 35.5 Å². The summed E-state index contributed by atoms with van der Waals surface area (Å²) in [6.45, 7) is 3.35. The summed E-state index contributed by atoms with van der Waals surface area (Å²) in [7, 11) is 0. The maximum atomic E-state index is 12.6. The molecule has 2 aliphatic heterocycles. The van der Waals surface area contributed by atoms with Crippen molar-refractivity contribution < 1.29 is 4.79 Å². The Balaban J connectivity index is 1.64. The van der Waals surface area contributed by atoms with Crippen molar-refractivity contribution in [2.45, 2.75) is 76.4 Å². The molecule has 3 aliphatic rings. The summed E-state index contributed by atoms with van der Waals surface area (Å²) in [6.07, 6.45) is 9.68. The third kappa shape index (κ3) is 2.29. The van der Waals surface area contributed by atoms with Gasteiger partial charge in [0.25, 0.3) is 0 Å². The van der Waals surface area contributed by atoms with E-state index < -0.39 is 0 Å². The first-order valence-electron chi connectivity index (χ1n) is 7.80. The lowest BCUT2D eigenvalue weighted by molar-refractivity contribution is -0.135. The molecular weight excluding hydrogens is 224 g/mol. The highest BCUT2D eigenvalue weighted by atomic mass is 16.2. The summed E-state index contributed by atoms with van der Waals surface area (Å²) in [5, 5.41) is 3.45. The monoisotopic (exact) mass is 250 g/mol. The molecule has 0 spiro atoms. The number of hydrogen-bond donors (Lipinski definition) is 1. The number of hydrogen-bond acceptors (Lipinski definition) is 2. The maximum absolute atomic E-state index is 12.6. The Kier molecular flexibility index (Phi) is 3.60. The lowest BCUT2D eigenvalue weighted by Gasteiger charge is -2.34. The highest BCUT2D eigenvalue weighted by molar-refractivity contribution is 5.78. The highest BCUT2D eigenvalue weighted by Gasteiger charge is 2.42. The van der Waals surface area contributed by atoms with Crippen LogP contribution >= 0.6 is 0 Å². The van der Waals surface area contributed by atoms with E-state index in [1.807, 2.05) is 0 Å². The first-order valence-corrected chi connectivity index (χ1v) is 7.80. The van der Waals surface area contributed by atoms with E-state index in [2.05, 4.69) is 17.1 Å². The highest BCUT2D eigenvalue weighted by Crippen LogP contribution is 2.39. The Hall–Kier alpha value is -0.570. The van der Waals surface area contributed by atoms with E-state index in [4.69, 9.17) is 0 Å². The number of carbonyl (C=O) groups excluding carboxylic acids is 1. The number of fused-ring (bicyclic) bond motifs is 1. The van der Waals surface area contributed by atoms with E-state index in [0.717, 1.165) is 18.9 Å². The van der Waals surface area contributed by atoms with Crippen molar-refractivity contribution in [1.82, 2.24) is 10.2 Å². The maximum Gasteiger partial charge on any atom is 0.224 e. The van der Waals surface area contributed by atoms with Gasteiger partial charge in [0.15, 0.2) is 0 Å². The van der Waals surface area contributed by atoms with Gasteiger partial charge in [0, 0.05) is 24.5 Å². The van der Waals surface area contributed by atoms with Gasteiger partial charge in [-0.1, -0.05) is 12.8 Å². The van der Waals surface area contributed by atoms with Gasteiger partial charge in [0.05, 0.1) is 0 Å². The second kappa shape index (κ2) is 5.20. The molecule has 1 saturated carbocycles. The average molecular weight is 250 g/mol. The molecule has 0 aromatic carbocycles. The van der Waals surface area contributed by atoms with Gasteiger partial charge < -0.3 is 10.2 Å². The Bertz CT molecular complexity index is 312. The molecule has 4 atom stereocenters. The summed E-state index contributed by atoms with van der Waals surface area (Å²) in [5.41, 5.74) is 0. The van der Waals surface area contributed by atoms with Gasteiger partial charge in [-0.25, -0.2) is 0 Å². The summed E-state index contributed by atoms with van der Waals surface area (Å²) in [5.74, 6) is 1.21. The van der Waals surface area contributed by atoms with Crippen molar-refractivity contribution in [1.29, 1.82) is 0 Å². The predicted molar refractivity (Wildman–Crippen MR) is 72.3 cm³/mol. The Morgan fingerprint density at radius 2 is 2.06 bits per heavy atom. The minimum Gasteiger partial charge on any atom is -0.337 e. The minimum atomic E-state index is 0.413. The number of nitrogens with one attached hydrogen (secondary N) is 1. The second-order valence-corrected chi connectivity index (χ2v) is 6.50. The van der Waals surface area contributed by atoms with E-state index in [0.29, 0.717) is 24.0 Å². The summed E-state index contributed by atoms with van der Waals surface area (Å²) in [6, 6.07) is 1.50. The van der Waals surface area contributed by atoms with E-state index in [-0.39, 0.29) is 0 Å². The zero-order valence-electron chi connectivity index (χ0n) is 11.5. The van der Waals surface area contributed by atoms with Crippen molar-refractivity contribution in [3.05, 3.63) is 0 Å². The fourth-order valence-corrected chi connectivity index (χ4v) is 4.39. The molecule has 102 valence electrons. The van der Waals surface area contributed by atoms with E-state index in [1.165, 1.54) is 44.9 Å². The van der Waals surface area contributed by atoms with Crippen LogP contribution in [0, 0.1) is 5.92 Å². The number of amides is 1. The Labute approximate surface area is 110 Å². The van der Waals surface area contributed by atoms with Crippen LogP contribution in [-0.2, 0) is 4.79 Å². The number of rotatable bonds is 2. The van der Waals surface area contributed by atoms with E-state index in [1.54, 1.807) is 0 Å². The van der Waals surface area contributed by atoms with Crippen LogP contribution < -0.4 is 5.32 Å². The fraction of sp³-hybridized carbons (Fsp3) is 0.933. The number of likely N-dealkylation sites (tertiary alicyclic amines) is 1. The normalized spacial score (nSPS) is 39.9. The van der Waals surface area contributed by atoms with Crippen molar-refractivity contribution in [2.24, 2.45) is 5.92 Å². The van der Waals surface area contributed by atoms with Crippen LogP contribution in [0.3, 0.4) is 0 Å². The Morgan fingerprint density at radius 3 is 2.83 bits per heavy atom. The molecule has 0 bridgehead atoms. The van der Waals surface area contributed by atoms with Gasteiger partial charge >= 0.3 is 0 Å². The second-order valence-electron chi connectivity index (χ2n) is 6.50. The first-order chi connectivity index (χ1) is 8.75. The lowest BCUT2D eigenvalue weighted by Crippen LogP contribution is -2.44. The molecule has 2 heterocycles. The van der Waals surface area contributed by atoms with Gasteiger partial charge in [-0.15, -0.1) is 0 Å². The zero-order valence-corrected chi connectivity index (χ0v) is 11.5. The smallest absolute Gasteiger partial charge is 0.224 e. The molecule has 3 heteroatoms. The minimum absolute atomic E-state index is 0.413. The standard InChI is InChI=1S/C15H26N2O/c1-11-9-12-5-2-3-7-14(12)17(11)15(18)10-13-6-4-8-16-13/h11-14,16H,2-10H2,1H3. The fourth-order valence-electron chi connectivity index (χ4n) is 4.39. The van der Waals surface area contributed by atoms with Gasteiger partial charge in [-0.05, 0) is 51.5 Å². The third-order valence-corrected chi connectivity index (χ3v) is 5.22. The zero-order chi connectivity index (χ0) is 12.5. The van der Waals surface area contributed by atoms with Crippen molar-refractivity contribution in [3.8, 4) is 0 Å². The number of carbonyl (C=O) groups is 1.